The van der Waals surface area contributed by atoms with Crippen LogP contribution in [0.25, 0.3) is 11.3 Å². The van der Waals surface area contributed by atoms with Gasteiger partial charge in [0.15, 0.2) is 0 Å². The number of aromatic nitrogens is 2. The van der Waals surface area contributed by atoms with Crippen molar-refractivity contribution in [3.63, 3.8) is 0 Å². The van der Waals surface area contributed by atoms with Crippen LogP contribution in [-0.2, 0) is 9.47 Å². The molecule has 0 atom stereocenters. The number of ether oxygens (including phenoxy) is 2. The summed E-state index contributed by atoms with van der Waals surface area (Å²) in [6, 6.07) is 7.38. The number of imidazole rings is 1. The van der Waals surface area contributed by atoms with E-state index in [9.17, 15) is 9.59 Å². The summed E-state index contributed by atoms with van der Waals surface area (Å²) in [5.41, 5.74) is 0.596. The number of nitrogens with one attached hydrogen (secondary N) is 1. The van der Waals surface area contributed by atoms with Crippen molar-refractivity contribution in [2.75, 3.05) is 11.2 Å². The Balaban J connectivity index is 2.37. The number of rotatable bonds is 4. The van der Waals surface area contributed by atoms with Crippen LogP contribution in [0.3, 0.4) is 0 Å². The van der Waals surface area contributed by atoms with E-state index >= 15 is 0 Å². The minimum absolute atomic E-state index is 0.00782. The Morgan fingerprint density at radius 2 is 1.69 bits per heavy atom. The van der Waals surface area contributed by atoms with Crippen LogP contribution in [0.4, 0.5) is 15.5 Å². The van der Waals surface area contributed by atoms with E-state index in [1.165, 1.54) is 10.8 Å². The highest BCUT2D eigenvalue weighted by molar-refractivity contribution is 6.17. The third kappa shape index (κ3) is 7.93. The second-order valence-corrected chi connectivity index (χ2v) is 9.46. The maximum atomic E-state index is 12.9. The number of nitrogens with zero attached hydrogens (tertiary/aromatic N) is 2. The lowest BCUT2D eigenvalue weighted by molar-refractivity contribution is 0.0542. The predicted octanol–water partition coefficient (Wildman–Crippen LogP) is 6.05. The third-order valence-electron chi connectivity index (χ3n) is 3.80. The first-order chi connectivity index (χ1) is 14.9. The molecule has 0 aliphatic rings. The standard InChI is InChI=1S/C24H30ClN3O4/c1-23(2,3)31-21(29)27-20-26-16-19(28(20)22(30)32-24(4,5)6)18-13-11-17(12-14-18)10-8-7-9-15-25/h11-14,16H,7,9,15H2,1-6H3,(H,26,27,29). The summed E-state index contributed by atoms with van der Waals surface area (Å²) in [6.07, 6.45) is 1.69. The molecule has 1 aromatic carbocycles. The first kappa shape index (κ1) is 25.3. The van der Waals surface area contributed by atoms with Gasteiger partial charge in [-0.3, -0.25) is 5.32 Å². The molecule has 2 rings (SSSR count). The maximum absolute atomic E-state index is 12.9. The van der Waals surface area contributed by atoms with Crippen LogP contribution >= 0.6 is 11.6 Å². The van der Waals surface area contributed by atoms with E-state index in [-0.39, 0.29) is 5.95 Å². The fourth-order valence-corrected chi connectivity index (χ4v) is 2.71. The lowest BCUT2D eigenvalue weighted by Crippen LogP contribution is -2.31. The van der Waals surface area contributed by atoms with E-state index in [0.29, 0.717) is 17.1 Å². The second kappa shape index (κ2) is 10.6. The largest absolute Gasteiger partial charge is 0.444 e. The van der Waals surface area contributed by atoms with Gasteiger partial charge in [-0.15, -0.1) is 11.6 Å². The molecule has 2 aromatic rings. The van der Waals surface area contributed by atoms with Gasteiger partial charge in [0.05, 0.1) is 11.9 Å². The quantitative estimate of drug-likeness (QED) is 0.342. The lowest BCUT2D eigenvalue weighted by Gasteiger charge is -2.22. The third-order valence-corrected chi connectivity index (χ3v) is 4.07. The van der Waals surface area contributed by atoms with Crippen molar-refractivity contribution in [1.29, 1.82) is 0 Å². The first-order valence-electron chi connectivity index (χ1n) is 10.4. The van der Waals surface area contributed by atoms with Crippen LogP contribution in [0.5, 0.6) is 0 Å². The summed E-state index contributed by atoms with van der Waals surface area (Å²) in [5.74, 6) is 6.75. The summed E-state index contributed by atoms with van der Waals surface area (Å²) in [6.45, 7) is 10.5. The SMILES string of the molecule is CC(C)(C)OC(=O)Nc1ncc(-c2ccc(C#CCCCCl)cc2)n1C(=O)OC(C)(C)C. The Kier molecular flexibility index (Phi) is 8.34. The summed E-state index contributed by atoms with van der Waals surface area (Å²) in [5, 5.41) is 2.53. The van der Waals surface area contributed by atoms with Gasteiger partial charge in [0, 0.05) is 23.4 Å². The fourth-order valence-electron chi connectivity index (χ4n) is 2.58. The number of amides is 1. The number of anilines is 1. The van der Waals surface area contributed by atoms with Crippen molar-refractivity contribution in [3.8, 4) is 23.1 Å². The topological polar surface area (TPSA) is 82.5 Å². The molecule has 0 bridgehead atoms. The van der Waals surface area contributed by atoms with Crippen molar-refractivity contribution >= 4 is 29.7 Å². The molecule has 1 N–H and O–H groups in total. The molecule has 1 aromatic heterocycles. The molecule has 1 heterocycles. The maximum Gasteiger partial charge on any atom is 0.421 e. The van der Waals surface area contributed by atoms with Gasteiger partial charge in [-0.1, -0.05) is 24.0 Å². The highest BCUT2D eigenvalue weighted by atomic mass is 35.5. The molecule has 32 heavy (non-hydrogen) atoms. The number of alkyl halides is 1. The molecule has 7 nitrogen and oxygen atoms in total. The number of benzene rings is 1. The molecule has 0 unspecified atom stereocenters. The van der Waals surface area contributed by atoms with E-state index < -0.39 is 23.4 Å². The van der Waals surface area contributed by atoms with Gasteiger partial charge in [0.25, 0.3) is 0 Å². The van der Waals surface area contributed by atoms with Crippen molar-refractivity contribution in [2.45, 2.75) is 65.6 Å². The number of carbonyl (C=O) groups excluding carboxylic acids is 2. The molecule has 0 aliphatic carbocycles. The second-order valence-electron chi connectivity index (χ2n) is 9.08. The van der Waals surface area contributed by atoms with Gasteiger partial charge in [-0.05, 0) is 60.1 Å². The normalized spacial score (nSPS) is 11.3. The number of carbonyl (C=O) groups is 2. The minimum atomic E-state index is -0.732. The molecule has 0 saturated heterocycles. The van der Waals surface area contributed by atoms with Crippen molar-refractivity contribution in [3.05, 3.63) is 36.0 Å². The van der Waals surface area contributed by atoms with Crippen molar-refractivity contribution in [1.82, 2.24) is 9.55 Å². The molecular formula is C24H30ClN3O4. The Hall–Kier alpha value is -2.98. The first-order valence-corrected chi connectivity index (χ1v) is 10.9. The average Bonchev–Trinajstić information content (AvgIpc) is 3.06. The van der Waals surface area contributed by atoms with E-state index in [1.54, 1.807) is 41.5 Å². The smallest absolute Gasteiger partial charge is 0.421 e. The molecule has 8 heteroatoms. The summed E-state index contributed by atoms with van der Waals surface area (Å²) < 4.78 is 12.0. The molecule has 172 valence electrons. The number of unbranched alkanes of at least 4 members (excludes halogenated alkanes) is 1. The van der Waals surface area contributed by atoms with Crippen LogP contribution in [0.2, 0.25) is 0 Å². The van der Waals surface area contributed by atoms with Crippen LogP contribution in [0.1, 0.15) is 59.9 Å². The molecule has 0 fully saturated rings. The summed E-state index contributed by atoms with van der Waals surface area (Å²) >= 11 is 5.67. The van der Waals surface area contributed by atoms with E-state index in [4.69, 9.17) is 21.1 Å². The van der Waals surface area contributed by atoms with Gasteiger partial charge in [-0.25, -0.2) is 19.1 Å². The van der Waals surface area contributed by atoms with E-state index in [2.05, 4.69) is 22.1 Å². The van der Waals surface area contributed by atoms with Crippen molar-refractivity contribution < 1.29 is 19.1 Å². The molecule has 0 saturated carbocycles. The molecule has 0 radical (unpaired) electrons. The van der Waals surface area contributed by atoms with Gasteiger partial charge >= 0.3 is 12.2 Å². The average molecular weight is 460 g/mol. The Morgan fingerprint density at radius 1 is 1.06 bits per heavy atom. The Morgan fingerprint density at radius 3 is 2.25 bits per heavy atom. The molecular weight excluding hydrogens is 430 g/mol. The zero-order valence-corrected chi connectivity index (χ0v) is 20.2. The molecule has 0 spiro atoms. The van der Waals surface area contributed by atoms with E-state index in [0.717, 1.165) is 18.4 Å². The lowest BCUT2D eigenvalue weighted by atomic mass is 10.1. The number of hydrogen-bond donors (Lipinski definition) is 1. The number of halogens is 1. The van der Waals surface area contributed by atoms with Crippen LogP contribution < -0.4 is 5.32 Å². The van der Waals surface area contributed by atoms with Crippen LogP contribution in [0.15, 0.2) is 30.5 Å². The summed E-state index contributed by atoms with van der Waals surface area (Å²) in [4.78, 5) is 29.4. The van der Waals surface area contributed by atoms with Gasteiger partial charge < -0.3 is 9.47 Å². The zero-order valence-electron chi connectivity index (χ0n) is 19.4. The van der Waals surface area contributed by atoms with Gasteiger partial charge in [0.2, 0.25) is 5.95 Å². The van der Waals surface area contributed by atoms with Crippen LogP contribution in [0, 0.1) is 11.8 Å². The zero-order chi connectivity index (χ0) is 23.9. The number of hydrogen-bond acceptors (Lipinski definition) is 5. The van der Waals surface area contributed by atoms with Crippen LogP contribution in [-0.4, -0.2) is 38.8 Å². The fraction of sp³-hybridized carbons (Fsp3) is 0.458. The summed E-state index contributed by atoms with van der Waals surface area (Å²) in [7, 11) is 0. The van der Waals surface area contributed by atoms with Crippen molar-refractivity contribution in [2.24, 2.45) is 0 Å². The molecule has 0 aliphatic heterocycles. The molecule has 1 amide bonds. The monoisotopic (exact) mass is 459 g/mol. The minimum Gasteiger partial charge on any atom is -0.444 e. The highest BCUT2D eigenvalue weighted by Gasteiger charge is 2.26. The Bertz CT molecular complexity index is 1000. The Labute approximate surface area is 194 Å². The van der Waals surface area contributed by atoms with Gasteiger partial charge in [0.1, 0.15) is 11.2 Å². The van der Waals surface area contributed by atoms with Gasteiger partial charge in [-0.2, -0.15) is 0 Å². The van der Waals surface area contributed by atoms with E-state index in [1.807, 2.05) is 24.3 Å². The highest BCUT2D eigenvalue weighted by Crippen LogP contribution is 2.26. The predicted molar refractivity (Wildman–Crippen MR) is 126 cm³/mol.